The third-order valence-corrected chi connectivity index (χ3v) is 5.03. The van der Waals surface area contributed by atoms with Crippen LogP contribution < -0.4 is 10.1 Å². The lowest BCUT2D eigenvalue weighted by molar-refractivity contribution is 0.481. The Labute approximate surface area is 136 Å². The molecule has 0 unspecified atom stereocenters. The van der Waals surface area contributed by atoms with E-state index in [9.17, 15) is 0 Å². The van der Waals surface area contributed by atoms with Crippen molar-refractivity contribution in [1.82, 2.24) is 5.32 Å². The number of rotatable bonds is 4. The Morgan fingerprint density at radius 1 is 1.00 bits per heavy atom. The highest BCUT2D eigenvalue weighted by molar-refractivity contribution is 9.10. The number of aryl methyl sites for hydroxylation is 2. The molecule has 2 aromatic rings. The van der Waals surface area contributed by atoms with Gasteiger partial charge in [-0.15, -0.1) is 0 Å². The van der Waals surface area contributed by atoms with Crippen LogP contribution in [-0.2, 0) is 6.54 Å². The molecule has 0 saturated carbocycles. The molecule has 0 amide bonds. The molecule has 0 radical (unpaired) electrons. The number of halogens is 2. The SMILES string of the molecule is CNCc1ccc(Oc2cc(C)c(Br)c(C)c2)cc1Br. The smallest absolute Gasteiger partial charge is 0.128 e. The minimum atomic E-state index is 0.831. The van der Waals surface area contributed by atoms with E-state index < -0.39 is 0 Å². The topological polar surface area (TPSA) is 21.3 Å². The quantitative estimate of drug-likeness (QED) is 0.750. The molecule has 0 aliphatic heterocycles. The van der Waals surface area contributed by atoms with Crippen LogP contribution in [-0.4, -0.2) is 7.05 Å². The summed E-state index contributed by atoms with van der Waals surface area (Å²) < 4.78 is 8.12. The summed E-state index contributed by atoms with van der Waals surface area (Å²) in [7, 11) is 1.93. The van der Waals surface area contributed by atoms with Crippen LogP contribution in [0.1, 0.15) is 16.7 Å². The van der Waals surface area contributed by atoms with E-state index in [2.05, 4.69) is 57.1 Å². The van der Waals surface area contributed by atoms with Gasteiger partial charge in [-0.2, -0.15) is 0 Å². The fourth-order valence-corrected chi connectivity index (χ4v) is 2.75. The van der Waals surface area contributed by atoms with Crippen LogP contribution in [0.3, 0.4) is 0 Å². The van der Waals surface area contributed by atoms with Crippen LogP contribution in [0, 0.1) is 13.8 Å². The molecule has 4 heteroatoms. The molecule has 106 valence electrons. The lowest BCUT2D eigenvalue weighted by atomic mass is 10.1. The summed E-state index contributed by atoms with van der Waals surface area (Å²) in [5, 5.41) is 3.14. The third kappa shape index (κ3) is 3.62. The Hall–Kier alpha value is -0.840. The fourth-order valence-electron chi connectivity index (χ4n) is 2.03. The molecular weight excluding hydrogens is 382 g/mol. The van der Waals surface area contributed by atoms with Crippen molar-refractivity contribution >= 4 is 31.9 Å². The highest BCUT2D eigenvalue weighted by Gasteiger charge is 2.06. The Balaban J connectivity index is 2.24. The average molecular weight is 399 g/mol. The van der Waals surface area contributed by atoms with E-state index >= 15 is 0 Å². The number of ether oxygens (including phenoxy) is 1. The molecule has 0 saturated heterocycles. The molecule has 20 heavy (non-hydrogen) atoms. The van der Waals surface area contributed by atoms with Crippen LogP contribution in [0.2, 0.25) is 0 Å². The maximum absolute atomic E-state index is 5.94. The predicted molar refractivity (Wildman–Crippen MR) is 90.6 cm³/mol. The summed E-state index contributed by atoms with van der Waals surface area (Å²) in [6.45, 7) is 4.96. The van der Waals surface area contributed by atoms with Crippen LogP contribution in [0.25, 0.3) is 0 Å². The highest BCUT2D eigenvalue weighted by Crippen LogP contribution is 2.31. The molecule has 0 atom stereocenters. The van der Waals surface area contributed by atoms with Crippen molar-refractivity contribution in [2.45, 2.75) is 20.4 Å². The van der Waals surface area contributed by atoms with Crippen molar-refractivity contribution in [3.05, 3.63) is 56.0 Å². The molecule has 0 heterocycles. The second-order valence-corrected chi connectivity index (χ2v) is 6.40. The monoisotopic (exact) mass is 397 g/mol. The van der Waals surface area contributed by atoms with E-state index in [1.807, 2.05) is 31.3 Å². The summed E-state index contributed by atoms with van der Waals surface area (Å²) in [5.74, 6) is 1.69. The number of hydrogen-bond donors (Lipinski definition) is 1. The first-order chi connectivity index (χ1) is 9.51. The standard InChI is InChI=1S/C16H17Br2NO/c1-10-6-14(7-11(2)16(10)18)20-13-5-4-12(9-19-3)15(17)8-13/h4-8,19H,9H2,1-3H3. The van der Waals surface area contributed by atoms with Gasteiger partial charge in [0.2, 0.25) is 0 Å². The molecule has 0 spiro atoms. The number of hydrogen-bond acceptors (Lipinski definition) is 2. The Bertz CT molecular complexity index is 603. The molecular formula is C16H17Br2NO. The largest absolute Gasteiger partial charge is 0.457 e. The van der Waals surface area contributed by atoms with Crippen molar-refractivity contribution in [3.8, 4) is 11.5 Å². The molecule has 0 aromatic heterocycles. The van der Waals surface area contributed by atoms with Crippen molar-refractivity contribution in [3.63, 3.8) is 0 Å². The van der Waals surface area contributed by atoms with Gasteiger partial charge in [0.25, 0.3) is 0 Å². The zero-order valence-corrected chi connectivity index (χ0v) is 14.9. The van der Waals surface area contributed by atoms with E-state index in [0.29, 0.717) is 0 Å². The second kappa shape index (κ2) is 6.74. The zero-order chi connectivity index (χ0) is 14.7. The Morgan fingerprint density at radius 3 is 2.20 bits per heavy atom. The molecule has 0 fully saturated rings. The van der Waals surface area contributed by atoms with E-state index in [1.165, 1.54) is 16.7 Å². The van der Waals surface area contributed by atoms with Crippen molar-refractivity contribution in [1.29, 1.82) is 0 Å². The van der Waals surface area contributed by atoms with Crippen LogP contribution >= 0.6 is 31.9 Å². The van der Waals surface area contributed by atoms with Gasteiger partial charge in [0.05, 0.1) is 0 Å². The van der Waals surface area contributed by atoms with Gasteiger partial charge in [-0.05, 0) is 61.9 Å². The minimum Gasteiger partial charge on any atom is -0.457 e. The second-order valence-electron chi connectivity index (χ2n) is 4.76. The van der Waals surface area contributed by atoms with Crippen molar-refractivity contribution < 1.29 is 4.74 Å². The summed E-state index contributed by atoms with van der Waals surface area (Å²) in [4.78, 5) is 0. The summed E-state index contributed by atoms with van der Waals surface area (Å²) >= 11 is 7.14. The maximum Gasteiger partial charge on any atom is 0.128 e. The first kappa shape index (κ1) is 15.5. The zero-order valence-electron chi connectivity index (χ0n) is 11.8. The van der Waals surface area contributed by atoms with Gasteiger partial charge in [0.15, 0.2) is 0 Å². The van der Waals surface area contributed by atoms with Gasteiger partial charge in [0.1, 0.15) is 11.5 Å². The molecule has 2 rings (SSSR count). The Kier molecular flexibility index (Phi) is 5.24. The minimum absolute atomic E-state index is 0.831. The van der Waals surface area contributed by atoms with Gasteiger partial charge in [0, 0.05) is 15.5 Å². The number of nitrogens with one attached hydrogen (secondary N) is 1. The lowest BCUT2D eigenvalue weighted by Crippen LogP contribution is -2.05. The van der Waals surface area contributed by atoms with Gasteiger partial charge in [-0.3, -0.25) is 0 Å². The van der Waals surface area contributed by atoms with Gasteiger partial charge in [-0.25, -0.2) is 0 Å². The van der Waals surface area contributed by atoms with Crippen LogP contribution in [0.5, 0.6) is 11.5 Å². The molecule has 2 nitrogen and oxygen atoms in total. The van der Waals surface area contributed by atoms with Crippen LogP contribution in [0.15, 0.2) is 39.3 Å². The maximum atomic E-state index is 5.94. The van der Waals surface area contributed by atoms with E-state index in [0.717, 1.165) is 27.0 Å². The number of benzene rings is 2. The van der Waals surface area contributed by atoms with Crippen molar-refractivity contribution in [2.75, 3.05) is 7.05 Å². The first-order valence-corrected chi connectivity index (χ1v) is 7.97. The average Bonchev–Trinajstić information content (AvgIpc) is 2.39. The summed E-state index contributed by atoms with van der Waals surface area (Å²) in [6.07, 6.45) is 0. The lowest BCUT2D eigenvalue weighted by Gasteiger charge is -2.11. The first-order valence-electron chi connectivity index (χ1n) is 6.39. The molecule has 2 aromatic carbocycles. The summed E-state index contributed by atoms with van der Waals surface area (Å²) in [6, 6.07) is 10.1. The molecule has 0 bridgehead atoms. The predicted octanol–water partition coefficient (Wildman–Crippen LogP) is 5.34. The molecule has 0 aliphatic carbocycles. The van der Waals surface area contributed by atoms with Gasteiger partial charge >= 0.3 is 0 Å². The normalized spacial score (nSPS) is 10.7. The molecule has 1 N–H and O–H groups in total. The highest BCUT2D eigenvalue weighted by atomic mass is 79.9. The van der Waals surface area contributed by atoms with Crippen molar-refractivity contribution in [2.24, 2.45) is 0 Å². The van der Waals surface area contributed by atoms with E-state index in [4.69, 9.17) is 4.74 Å². The van der Waals surface area contributed by atoms with Crippen LogP contribution in [0.4, 0.5) is 0 Å². The third-order valence-electron chi connectivity index (χ3n) is 3.04. The van der Waals surface area contributed by atoms with E-state index in [-0.39, 0.29) is 0 Å². The fraction of sp³-hybridized carbons (Fsp3) is 0.250. The van der Waals surface area contributed by atoms with Gasteiger partial charge in [-0.1, -0.05) is 37.9 Å². The molecule has 0 aliphatic rings. The Morgan fingerprint density at radius 2 is 1.65 bits per heavy atom. The van der Waals surface area contributed by atoms with E-state index in [1.54, 1.807) is 0 Å². The summed E-state index contributed by atoms with van der Waals surface area (Å²) in [5.41, 5.74) is 3.56. The van der Waals surface area contributed by atoms with Gasteiger partial charge < -0.3 is 10.1 Å².